The van der Waals surface area contributed by atoms with Crippen LogP contribution in [-0.2, 0) is 4.79 Å². The molecule has 1 aromatic rings. The number of piperazine rings is 1. The summed E-state index contributed by atoms with van der Waals surface area (Å²) in [5.74, 6) is 0.0671. The zero-order valence-corrected chi connectivity index (χ0v) is 14.4. The Morgan fingerprint density at radius 2 is 1.80 bits per heavy atom. The molecular formula is C19H24N4O2. The highest BCUT2D eigenvalue weighted by Gasteiger charge is 2.49. The van der Waals surface area contributed by atoms with Gasteiger partial charge in [0.05, 0.1) is 11.6 Å². The van der Waals surface area contributed by atoms with Crippen molar-refractivity contribution >= 4 is 11.6 Å². The first-order chi connectivity index (χ1) is 12.1. The van der Waals surface area contributed by atoms with E-state index in [0.717, 1.165) is 31.6 Å². The molecule has 0 radical (unpaired) electrons. The molecule has 1 unspecified atom stereocenters. The molecule has 3 aliphatic rings. The number of hydroxylamine groups is 2. The first-order valence-electron chi connectivity index (χ1n) is 9.10. The molecule has 1 aliphatic carbocycles. The highest BCUT2D eigenvalue weighted by molar-refractivity contribution is 5.82. The number of carbonyl (C=O) groups excluding carboxylic acids is 1. The number of nitrogens with zero attached hydrogens (tertiary/aromatic N) is 4. The number of carbonyl (C=O) groups is 1. The van der Waals surface area contributed by atoms with Gasteiger partial charge in [0.2, 0.25) is 5.91 Å². The molecule has 6 nitrogen and oxygen atoms in total. The van der Waals surface area contributed by atoms with Gasteiger partial charge in [0, 0.05) is 38.4 Å². The average molecular weight is 340 g/mol. The zero-order chi connectivity index (χ0) is 17.4. The van der Waals surface area contributed by atoms with Crippen molar-refractivity contribution < 1.29 is 10.0 Å². The minimum absolute atomic E-state index is 0.0671. The molecule has 1 atom stereocenters. The van der Waals surface area contributed by atoms with Crippen molar-refractivity contribution in [1.82, 2.24) is 9.96 Å². The lowest BCUT2D eigenvalue weighted by Gasteiger charge is -2.41. The van der Waals surface area contributed by atoms with E-state index in [0.29, 0.717) is 30.6 Å². The van der Waals surface area contributed by atoms with Crippen molar-refractivity contribution in [3.05, 3.63) is 29.8 Å². The van der Waals surface area contributed by atoms with E-state index in [1.807, 2.05) is 29.2 Å². The third-order valence-corrected chi connectivity index (χ3v) is 6.00. The average Bonchev–Trinajstić information content (AvgIpc) is 3.40. The molecule has 2 saturated heterocycles. The third-order valence-electron chi connectivity index (χ3n) is 6.00. The molecule has 1 N–H and O–H groups in total. The Hall–Kier alpha value is -2.10. The molecule has 1 spiro atoms. The normalized spacial score (nSPS) is 25.7. The minimum Gasteiger partial charge on any atom is -0.368 e. The number of benzene rings is 1. The molecular weight excluding hydrogens is 316 g/mol. The van der Waals surface area contributed by atoms with E-state index in [2.05, 4.69) is 11.0 Å². The molecule has 3 fully saturated rings. The molecule has 2 heterocycles. The second kappa shape index (κ2) is 6.32. The summed E-state index contributed by atoms with van der Waals surface area (Å²) in [6.07, 6.45) is 4.21. The lowest BCUT2D eigenvalue weighted by Crippen LogP contribution is -2.56. The molecule has 1 aromatic carbocycles. The Labute approximate surface area is 148 Å². The van der Waals surface area contributed by atoms with E-state index in [4.69, 9.17) is 5.26 Å². The Morgan fingerprint density at radius 1 is 1.12 bits per heavy atom. The summed E-state index contributed by atoms with van der Waals surface area (Å²) >= 11 is 0. The first kappa shape index (κ1) is 16.4. The number of anilines is 1. The molecule has 0 bridgehead atoms. The topological polar surface area (TPSA) is 70.8 Å². The van der Waals surface area contributed by atoms with Crippen LogP contribution in [0, 0.1) is 16.7 Å². The molecule has 1 amide bonds. The van der Waals surface area contributed by atoms with Gasteiger partial charge in [-0.2, -0.15) is 10.3 Å². The number of hydrogen-bond acceptors (Lipinski definition) is 5. The Balaban J connectivity index is 1.33. The molecule has 25 heavy (non-hydrogen) atoms. The maximum Gasteiger partial charge on any atom is 0.242 e. The van der Waals surface area contributed by atoms with Gasteiger partial charge in [-0.25, -0.2) is 0 Å². The Bertz CT molecular complexity index is 684. The van der Waals surface area contributed by atoms with Gasteiger partial charge in [0.15, 0.2) is 0 Å². The van der Waals surface area contributed by atoms with Crippen LogP contribution in [0.25, 0.3) is 0 Å². The van der Waals surface area contributed by atoms with Crippen LogP contribution in [0.5, 0.6) is 0 Å². The number of hydrogen-bond donors (Lipinski definition) is 1. The summed E-state index contributed by atoms with van der Waals surface area (Å²) in [5, 5.41) is 20.5. The Morgan fingerprint density at radius 3 is 2.36 bits per heavy atom. The van der Waals surface area contributed by atoms with E-state index in [1.165, 1.54) is 17.9 Å². The van der Waals surface area contributed by atoms with Crippen molar-refractivity contribution in [3.8, 4) is 6.07 Å². The van der Waals surface area contributed by atoms with Crippen LogP contribution in [-0.4, -0.2) is 59.8 Å². The van der Waals surface area contributed by atoms with E-state index in [1.54, 1.807) is 0 Å². The fraction of sp³-hybridized carbons (Fsp3) is 0.579. The summed E-state index contributed by atoms with van der Waals surface area (Å²) in [6, 6.07) is 9.33. The van der Waals surface area contributed by atoms with Crippen LogP contribution >= 0.6 is 0 Å². The number of nitriles is 1. The SMILES string of the molecule is N#Cc1ccc(N2CCN(C(=O)C3CCC4(CC4)CN3O)CC2)cc1. The highest BCUT2D eigenvalue weighted by atomic mass is 16.5. The van der Waals surface area contributed by atoms with Gasteiger partial charge >= 0.3 is 0 Å². The summed E-state index contributed by atoms with van der Waals surface area (Å²) in [7, 11) is 0. The van der Waals surface area contributed by atoms with Gasteiger partial charge in [-0.1, -0.05) is 0 Å². The predicted molar refractivity (Wildman–Crippen MR) is 93.1 cm³/mol. The van der Waals surface area contributed by atoms with Crippen molar-refractivity contribution in [2.75, 3.05) is 37.6 Å². The second-order valence-electron chi connectivity index (χ2n) is 7.62. The standard InChI is InChI=1S/C19H24N4O2/c20-13-15-1-3-16(4-2-15)21-9-11-22(12-10-21)18(24)17-5-6-19(7-8-19)14-23(17)25/h1-4,17,25H,5-12,14H2. The minimum atomic E-state index is -0.368. The van der Waals surface area contributed by atoms with Crippen molar-refractivity contribution in [3.63, 3.8) is 0 Å². The number of piperidine rings is 1. The lowest BCUT2D eigenvalue weighted by molar-refractivity contribution is -0.179. The number of amides is 1. The van der Waals surface area contributed by atoms with E-state index >= 15 is 0 Å². The zero-order valence-electron chi connectivity index (χ0n) is 14.4. The third kappa shape index (κ3) is 3.22. The fourth-order valence-electron chi connectivity index (χ4n) is 4.10. The summed E-state index contributed by atoms with van der Waals surface area (Å²) < 4.78 is 0. The van der Waals surface area contributed by atoms with Gasteiger partial charge in [-0.3, -0.25) is 4.79 Å². The molecule has 1 saturated carbocycles. The van der Waals surface area contributed by atoms with E-state index in [9.17, 15) is 10.0 Å². The van der Waals surface area contributed by atoms with Crippen molar-refractivity contribution in [2.45, 2.75) is 31.7 Å². The highest BCUT2D eigenvalue weighted by Crippen LogP contribution is 2.52. The predicted octanol–water partition coefficient (Wildman–Crippen LogP) is 1.84. The molecule has 6 heteroatoms. The smallest absolute Gasteiger partial charge is 0.242 e. The van der Waals surface area contributed by atoms with Gasteiger partial charge in [0.1, 0.15) is 6.04 Å². The molecule has 2 aliphatic heterocycles. The Kier molecular flexibility index (Phi) is 4.14. The summed E-state index contributed by atoms with van der Waals surface area (Å²) in [6.45, 7) is 3.55. The fourth-order valence-corrected chi connectivity index (χ4v) is 4.10. The van der Waals surface area contributed by atoms with Gasteiger partial charge in [-0.15, -0.1) is 0 Å². The maximum atomic E-state index is 12.8. The van der Waals surface area contributed by atoms with Gasteiger partial charge in [-0.05, 0) is 55.4 Å². The summed E-state index contributed by atoms with van der Waals surface area (Å²) in [5.41, 5.74) is 2.05. The lowest BCUT2D eigenvalue weighted by atomic mass is 9.91. The monoisotopic (exact) mass is 340 g/mol. The molecule has 132 valence electrons. The quantitative estimate of drug-likeness (QED) is 0.889. The van der Waals surface area contributed by atoms with Gasteiger partial charge < -0.3 is 15.0 Å². The van der Waals surface area contributed by atoms with Crippen LogP contribution < -0.4 is 4.90 Å². The second-order valence-corrected chi connectivity index (χ2v) is 7.62. The summed E-state index contributed by atoms with van der Waals surface area (Å²) in [4.78, 5) is 16.9. The van der Waals surface area contributed by atoms with Crippen LogP contribution in [0.3, 0.4) is 0 Å². The van der Waals surface area contributed by atoms with Crippen LogP contribution in [0.2, 0.25) is 0 Å². The van der Waals surface area contributed by atoms with Gasteiger partial charge in [0.25, 0.3) is 0 Å². The van der Waals surface area contributed by atoms with E-state index in [-0.39, 0.29) is 11.9 Å². The molecule has 0 aromatic heterocycles. The van der Waals surface area contributed by atoms with Crippen LogP contribution in [0.15, 0.2) is 24.3 Å². The number of rotatable bonds is 2. The van der Waals surface area contributed by atoms with Crippen molar-refractivity contribution in [2.24, 2.45) is 5.41 Å². The van der Waals surface area contributed by atoms with Crippen molar-refractivity contribution in [1.29, 1.82) is 5.26 Å². The van der Waals surface area contributed by atoms with E-state index < -0.39 is 0 Å². The molecule has 4 rings (SSSR count). The largest absolute Gasteiger partial charge is 0.368 e. The van der Waals surface area contributed by atoms with Crippen LogP contribution in [0.1, 0.15) is 31.2 Å². The maximum absolute atomic E-state index is 12.8. The van der Waals surface area contributed by atoms with Crippen LogP contribution in [0.4, 0.5) is 5.69 Å². The first-order valence-corrected chi connectivity index (χ1v) is 9.10.